The van der Waals surface area contributed by atoms with Crippen LogP contribution < -0.4 is 0 Å². The molecule has 2 heterocycles. The molecule has 0 aromatic carbocycles. The molecule has 0 radical (unpaired) electrons. The van der Waals surface area contributed by atoms with E-state index in [2.05, 4.69) is 4.98 Å². The zero-order valence-corrected chi connectivity index (χ0v) is 10.9. The van der Waals surface area contributed by atoms with E-state index >= 15 is 0 Å². The van der Waals surface area contributed by atoms with E-state index in [4.69, 9.17) is 11.6 Å². The molecule has 0 unspecified atom stereocenters. The van der Waals surface area contributed by atoms with Gasteiger partial charge < -0.3 is 9.80 Å². The molecule has 0 N–H and O–H groups in total. The molecular weight excluding hydrogens is 254 g/mol. The number of carbonyl (C=O) groups is 2. The Morgan fingerprint density at radius 3 is 2.94 bits per heavy atom. The Morgan fingerprint density at radius 2 is 2.22 bits per heavy atom. The number of aromatic nitrogens is 1. The first-order valence-corrected chi connectivity index (χ1v) is 6.11. The van der Waals surface area contributed by atoms with Crippen molar-refractivity contribution in [3.05, 3.63) is 29.0 Å². The molecule has 0 spiro atoms. The third kappa shape index (κ3) is 2.61. The number of likely N-dealkylation sites (N-methyl/N-ethyl adjacent to an activating group) is 1. The van der Waals surface area contributed by atoms with Crippen LogP contribution in [0.2, 0.25) is 5.15 Å². The summed E-state index contributed by atoms with van der Waals surface area (Å²) in [6.45, 7) is 1.32. The predicted molar refractivity (Wildman–Crippen MR) is 67.4 cm³/mol. The second-order valence-electron chi connectivity index (χ2n) is 4.24. The molecule has 0 atom stereocenters. The Bertz CT molecular complexity index is 478. The van der Waals surface area contributed by atoms with Gasteiger partial charge in [0.25, 0.3) is 5.91 Å². The van der Waals surface area contributed by atoms with E-state index in [0.717, 1.165) is 6.42 Å². The van der Waals surface area contributed by atoms with Crippen LogP contribution in [0.4, 0.5) is 0 Å². The lowest BCUT2D eigenvalue weighted by Gasteiger charge is -2.20. The van der Waals surface area contributed by atoms with Gasteiger partial charge in [0.05, 0.1) is 5.56 Å². The van der Waals surface area contributed by atoms with Crippen molar-refractivity contribution in [3.63, 3.8) is 0 Å². The summed E-state index contributed by atoms with van der Waals surface area (Å²) in [7, 11) is 1.74. The van der Waals surface area contributed by atoms with Gasteiger partial charge in [0.2, 0.25) is 5.91 Å². The van der Waals surface area contributed by atoms with Crippen LogP contribution >= 0.6 is 11.6 Å². The number of carbonyl (C=O) groups excluding carboxylic acids is 2. The largest absolute Gasteiger partial charge is 0.344 e. The van der Waals surface area contributed by atoms with Crippen LogP contribution in [0, 0.1) is 0 Å². The van der Waals surface area contributed by atoms with Crippen LogP contribution in [0.3, 0.4) is 0 Å². The zero-order chi connectivity index (χ0) is 13.1. The molecule has 1 aliphatic heterocycles. The molecule has 1 fully saturated rings. The predicted octanol–water partition coefficient (Wildman–Crippen LogP) is 1.04. The summed E-state index contributed by atoms with van der Waals surface area (Å²) in [5.74, 6) is -0.294. The molecule has 1 saturated heterocycles. The van der Waals surface area contributed by atoms with Crippen LogP contribution in [0.25, 0.3) is 0 Å². The molecule has 1 aromatic rings. The second kappa shape index (κ2) is 5.35. The van der Waals surface area contributed by atoms with Crippen molar-refractivity contribution >= 4 is 23.4 Å². The summed E-state index contributed by atoms with van der Waals surface area (Å²) in [6, 6.07) is 3.28. The summed E-state index contributed by atoms with van der Waals surface area (Å²) in [4.78, 5) is 31.0. The number of nitrogens with zero attached hydrogens (tertiary/aromatic N) is 3. The van der Waals surface area contributed by atoms with Gasteiger partial charge in [-0.1, -0.05) is 11.6 Å². The maximum absolute atomic E-state index is 12.3. The first-order valence-electron chi connectivity index (χ1n) is 5.73. The van der Waals surface area contributed by atoms with Crippen LogP contribution in [-0.2, 0) is 4.79 Å². The molecule has 6 heteroatoms. The Hall–Kier alpha value is -1.62. The Morgan fingerprint density at radius 1 is 1.44 bits per heavy atom. The van der Waals surface area contributed by atoms with Gasteiger partial charge in [-0.15, -0.1) is 0 Å². The van der Waals surface area contributed by atoms with Crippen molar-refractivity contribution < 1.29 is 9.59 Å². The average Bonchev–Trinajstić information content (AvgIpc) is 2.52. The second-order valence-corrected chi connectivity index (χ2v) is 4.60. The number of hydrogen-bond acceptors (Lipinski definition) is 3. The Labute approximate surface area is 110 Å². The summed E-state index contributed by atoms with van der Waals surface area (Å²) in [6.07, 6.45) is 2.30. The maximum Gasteiger partial charge on any atom is 0.257 e. The fraction of sp³-hybridized carbons (Fsp3) is 0.417. The minimum atomic E-state index is -0.239. The molecule has 2 amide bonds. The van der Waals surface area contributed by atoms with Gasteiger partial charge in [-0.3, -0.25) is 9.59 Å². The van der Waals surface area contributed by atoms with Crippen LogP contribution in [0.15, 0.2) is 18.3 Å². The lowest BCUT2D eigenvalue weighted by Crippen LogP contribution is -2.38. The van der Waals surface area contributed by atoms with Crippen molar-refractivity contribution in [2.75, 3.05) is 26.7 Å². The number of hydrogen-bond donors (Lipinski definition) is 0. The van der Waals surface area contributed by atoms with Gasteiger partial charge in [0, 0.05) is 26.3 Å². The van der Waals surface area contributed by atoms with Gasteiger partial charge >= 0.3 is 0 Å². The highest BCUT2D eigenvalue weighted by atomic mass is 35.5. The summed E-state index contributed by atoms with van der Waals surface area (Å²) in [5.41, 5.74) is 0.344. The summed E-state index contributed by atoms with van der Waals surface area (Å²) in [5, 5.41) is 0.174. The van der Waals surface area contributed by atoms with Crippen LogP contribution in [0.5, 0.6) is 0 Å². The minimum Gasteiger partial charge on any atom is -0.344 e. The van der Waals surface area contributed by atoms with Crippen molar-refractivity contribution in [2.45, 2.75) is 6.42 Å². The summed E-state index contributed by atoms with van der Waals surface area (Å²) >= 11 is 5.89. The van der Waals surface area contributed by atoms with E-state index in [1.54, 1.807) is 24.1 Å². The topological polar surface area (TPSA) is 53.5 Å². The van der Waals surface area contributed by atoms with E-state index in [9.17, 15) is 9.59 Å². The van der Waals surface area contributed by atoms with Gasteiger partial charge in [-0.25, -0.2) is 4.98 Å². The van der Waals surface area contributed by atoms with Crippen LogP contribution in [-0.4, -0.2) is 53.3 Å². The third-order valence-corrected chi connectivity index (χ3v) is 3.25. The highest BCUT2D eigenvalue weighted by Crippen LogP contribution is 2.15. The van der Waals surface area contributed by atoms with E-state index in [-0.39, 0.29) is 23.5 Å². The average molecular weight is 268 g/mol. The highest BCUT2D eigenvalue weighted by molar-refractivity contribution is 6.32. The molecule has 1 aliphatic rings. The van der Waals surface area contributed by atoms with E-state index < -0.39 is 0 Å². The van der Waals surface area contributed by atoms with Crippen molar-refractivity contribution in [1.29, 1.82) is 0 Å². The molecule has 0 aliphatic carbocycles. The lowest BCUT2D eigenvalue weighted by molar-refractivity contribution is -0.129. The molecule has 2 rings (SSSR count). The van der Waals surface area contributed by atoms with Gasteiger partial charge in [0.15, 0.2) is 0 Å². The molecule has 18 heavy (non-hydrogen) atoms. The van der Waals surface area contributed by atoms with E-state index in [1.165, 1.54) is 11.1 Å². The van der Waals surface area contributed by atoms with Gasteiger partial charge in [-0.05, 0) is 18.6 Å². The number of halogens is 1. The monoisotopic (exact) mass is 267 g/mol. The minimum absolute atomic E-state index is 0.0548. The first-order chi connectivity index (χ1) is 8.59. The van der Waals surface area contributed by atoms with Crippen LogP contribution in [0.1, 0.15) is 16.8 Å². The molecule has 5 nitrogen and oxygen atoms in total. The molecule has 96 valence electrons. The standard InChI is InChI=1S/C12H14ClN3O2/c1-15-6-3-7-16(8-10(15)17)12(18)9-4-2-5-14-11(9)13/h2,4-5H,3,6-8H2,1H3. The van der Waals surface area contributed by atoms with E-state index in [0.29, 0.717) is 18.7 Å². The normalized spacial score (nSPS) is 16.7. The smallest absolute Gasteiger partial charge is 0.257 e. The zero-order valence-electron chi connectivity index (χ0n) is 10.1. The van der Waals surface area contributed by atoms with Crippen molar-refractivity contribution in [1.82, 2.24) is 14.8 Å². The van der Waals surface area contributed by atoms with Gasteiger partial charge in [0.1, 0.15) is 11.7 Å². The number of pyridine rings is 1. The Balaban J connectivity index is 2.19. The number of rotatable bonds is 1. The van der Waals surface area contributed by atoms with Crippen molar-refractivity contribution in [3.8, 4) is 0 Å². The highest BCUT2D eigenvalue weighted by Gasteiger charge is 2.25. The maximum atomic E-state index is 12.3. The fourth-order valence-corrected chi connectivity index (χ4v) is 2.08. The fourth-order valence-electron chi connectivity index (χ4n) is 1.88. The SMILES string of the molecule is CN1CCCN(C(=O)c2cccnc2Cl)CC1=O. The lowest BCUT2D eigenvalue weighted by atomic mass is 10.2. The van der Waals surface area contributed by atoms with E-state index in [1.807, 2.05) is 0 Å². The summed E-state index contributed by atoms with van der Waals surface area (Å²) < 4.78 is 0. The molecule has 1 aromatic heterocycles. The molecule has 0 saturated carbocycles. The Kier molecular flexibility index (Phi) is 3.81. The first kappa shape index (κ1) is 12.8. The number of amides is 2. The quantitative estimate of drug-likeness (QED) is 0.715. The van der Waals surface area contributed by atoms with Crippen molar-refractivity contribution in [2.24, 2.45) is 0 Å². The molecule has 0 bridgehead atoms. The van der Waals surface area contributed by atoms with Gasteiger partial charge in [-0.2, -0.15) is 0 Å². The molecular formula is C12H14ClN3O2. The third-order valence-electron chi connectivity index (χ3n) is 2.95.